The molecule has 0 aliphatic rings. The van der Waals surface area contributed by atoms with Crippen molar-refractivity contribution >= 4 is 32.6 Å². The first-order chi connectivity index (χ1) is 14.0. The van der Waals surface area contributed by atoms with Crippen molar-refractivity contribution in [3.63, 3.8) is 0 Å². The van der Waals surface area contributed by atoms with Gasteiger partial charge in [-0.25, -0.2) is 4.98 Å². The van der Waals surface area contributed by atoms with E-state index >= 15 is 0 Å². The number of nitrogens with zero attached hydrogens (tertiary/aromatic N) is 2. The van der Waals surface area contributed by atoms with Gasteiger partial charge in [0.25, 0.3) is 0 Å². The molecule has 1 heterocycles. The summed E-state index contributed by atoms with van der Waals surface area (Å²) in [5.41, 5.74) is 3.03. The third-order valence-electron chi connectivity index (χ3n) is 4.81. The van der Waals surface area contributed by atoms with E-state index in [9.17, 15) is 4.79 Å². The predicted octanol–water partition coefficient (Wildman–Crippen LogP) is 4.62. The summed E-state index contributed by atoms with van der Waals surface area (Å²) in [6.07, 6.45) is 0.928. The van der Waals surface area contributed by atoms with Gasteiger partial charge in [0.15, 0.2) is 16.6 Å². The van der Waals surface area contributed by atoms with Gasteiger partial charge in [0.2, 0.25) is 11.7 Å². The van der Waals surface area contributed by atoms with Crippen molar-refractivity contribution in [2.45, 2.75) is 26.7 Å². The zero-order valence-corrected chi connectivity index (χ0v) is 18.3. The average Bonchev–Trinajstić information content (AvgIpc) is 3.17. The number of fused-ring (bicyclic) bond motifs is 1. The maximum atomic E-state index is 12.9. The maximum absolute atomic E-state index is 12.9. The molecule has 0 saturated heterocycles. The van der Waals surface area contributed by atoms with Crippen LogP contribution in [0.5, 0.6) is 17.2 Å². The molecule has 154 valence electrons. The Balaban J connectivity index is 1.79. The van der Waals surface area contributed by atoms with E-state index in [0.717, 1.165) is 26.5 Å². The molecular weight excluding hydrogens is 388 g/mol. The Kier molecular flexibility index (Phi) is 6.59. The summed E-state index contributed by atoms with van der Waals surface area (Å²) >= 11 is 1.55. The van der Waals surface area contributed by atoms with Crippen molar-refractivity contribution in [1.82, 2.24) is 4.98 Å². The Morgan fingerprint density at radius 2 is 1.79 bits per heavy atom. The normalized spacial score (nSPS) is 10.8. The van der Waals surface area contributed by atoms with E-state index in [2.05, 4.69) is 0 Å². The monoisotopic (exact) mass is 414 g/mol. The van der Waals surface area contributed by atoms with Gasteiger partial charge < -0.3 is 14.2 Å². The number of hydrogen-bond acceptors (Lipinski definition) is 6. The lowest BCUT2D eigenvalue weighted by Crippen LogP contribution is -2.30. The van der Waals surface area contributed by atoms with E-state index in [1.54, 1.807) is 37.6 Å². The number of hydrogen-bond donors (Lipinski definition) is 0. The Hall–Kier alpha value is -2.80. The van der Waals surface area contributed by atoms with Crippen LogP contribution >= 0.6 is 11.3 Å². The molecule has 0 radical (unpaired) electrons. The SMILES string of the molecule is CCN(C(=O)CCc1cc(OC)c(OC)c(OC)c1)c1nc2c(C)cccc2s1. The summed E-state index contributed by atoms with van der Waals surface area (Å²) in [5, 5.41) is 0.742. The van der Waals surface area contributed by atoms with Gasteiger partial charge >= 0.3 is 0 Å². The molecule has 1 aromatic heterocycles. The Morgan fingerprint density at radius 1 is 1.10 bits per heavy atom. The topological polar surface area (TPSA) is 60.9 Å². The van der Waals surface area contributed by atoms with Gasteiger partial charge in [0.05, 0.1) is 31.5 Å². The van der Waals surface area contributed by atoms with Crippen LogP contribution in [0.2, 0.25) is 0 Å². The first kappa shape index (κ1) is 20.9. The smallest absolute Gasteiger partial charge is 0.229 e. The molecule has 6 nitrogen and oxygen atoms in total. The van der Waals surface area contributed by atoms with Gasteiger partial charge in [-0.3, -0.25) is 9.69 Å². The van der Waals surface area contributed by atoms with Crippen molar-refractivity contribution in [3.8, 4) is 17.2 Å². The molecule has 0 spiro atoms. The first-order valence-corrected chi connectivity index (χ1v) is 10.3. The highest BCUT2D eigenvalue weighted by molar-refractivity contribution is 7.22. The molecule has 0 aliphatic carbocycles. The number of methoxy groups -OCH3 is 3. The lowest BCUT2D eigenvalue weighted by atomic mass is 10.1. The molecule has 0 bridgehead atoms. The fourth-order valence-corrected chi connectivity index (χ4v) is 4.40. The van der Waals surface area contributed by atoms with Crippen LogP contribution in [0.15, 0.2) is 30.3 Å². The summed E-state index contributed by atoms with van der Waals surface area (Å²) in [6.45, 7) is 4.58. The zero-order valence-electron chi connectivity index (χ0n) is 17.4. The second kappa shape index (κ2) is 9.13. The molecule has 1 amide bonds. The molecular formula is C22H26N2O4S. The van der Waals surface area contributed by atoms with Crippen molar-refractivity contribution in [2.24, 2.45) is 0 Å². The molecule has 0 N–H and O–H groups in total. The standard InChI is InChI=1S/C22H26N2O4S/c1-6-24(22-23-20-14(2)8-7-9-18(20)29-22)19(25)11-10-15-12-16(26-3)21(28-5)17(13-15)27-4/h7-9,12-13H,6,10-11H2,1-5H3. The molecule has 0 saturated carbocycles. The molecule has 29 heavy (non-hydrogen) atoms. The molecule has 3 aromatic rings. The van der Waals surface area contributed by atoms with Gasteiger partial charge in [-0.15, -0.1) is 0 Å². The number of rotatable bonds is 8. The quantitative estimate of drug-likeness (QED) is 0.538. The zero-order chi connectivity index (χ0) is 21.0. The second-order valence-corrected chi connectivity index (χ2v) is 7.60. The lowest BCUT2D eigenvalue weighted by molar-refractivity contribution is -0.118. The summed E-state index contributed by atoms with van der Waals surface area (Å²) in [5.74, 6) is 1.76. The highest BCUT2D eigenvalue weighted by atomic mass is 32.1. The fraction of sp³-hybridized carbons (Fsp3) is 0.364. The number of carbonyl (C=O) groups excluding carboxylic acids is 1. The van der Waals surface area contributed by atoms with Crippen LogP contribution in [0.1, 0.15) is 24.5 Å². The highest BCUT2D eigenvalue weighted by Gasteiger charge is 2.19. The van der Waals surface area contributed by atoms with Crippen LogP contribution in [0.25, 0.3) is 10.2 Å². The van der Waals surface area contributed by atoms with E-state index in [1.165, 1.54) is 0 Å². The van der Waals surface area contributed by atoms with E-state index in [1.807, 2.05) is 44.2 Å². The number of aromatic nitrogens is 1. The fourth-order valence-electron chi connectivity index (χ4n) is 3.27. The van der Waals surface area contributed by atoms with Gasteiger partial charge in [0, 0.05) is 13.0 Å². The van der Waals surface area contributed by atoms with Crippen LogP contribution in [0, 0.1) is 6.92 Å². The number of amides is 1. The average molecular weight is 415 g/mol. The number of para-hydroxylation sites is 1. The van der Waals surface area contributed by atoms with Crippen molar-refractivity contribution < 1.29 is 19.0 Å². The number of ether oxygens (including phenoxy) is 3. The third-order valence-corrected chi connectivity index (χ3v) is 5.85. The molecule has 3 rings (SSSR count). The summed E-state index contributed by atoms with van der Waals surface area (Å²) in [6, 6.07) is 9.85. The number of benzene rings is 2. The van der Waals surface area contributed by atoms with Crippen LogP contribution in [-0.2, 0) is 11.2 Å². The van der Waals surface area contributed by atoms with Crippen molar-refractivity contribution in [3.05, 3.63) is 41.5 Å². The number of aryl methyl sites for hydroxylation is 2. The molecule has 7 heteroatoms. The van der Waals surface area contributed by atoms with E-state index in [4.69, 9.17) is 19.2 Å². The van der Waals surface area contributed by atoms with Gasteiger partial charge in [0.1, 0.15) is 0 Å². The number of thiazole rings is 1. The van der Waals surface area contributed by atoms with Gasteiger partial charge in [-0.1, -0.05) is 23.5 Å². The van der Waals surface area contributed by atoms with Crippen LogP contribution in [0.4, 0.5) is 5.13 Å². The minimum Gasteiger partial charge on any atom is -0.493 e. The predicted molar refractivity (Wildman–Crippen MR) is 117 cm³/mol. The Bertz CT molecular complexity index is 990. The largest absolute Gasteiger partial charge is 0.493 e. The summed E-state index contributed by atoms with van der Waals surface area (Å²) < 4.78 is 17.3. The highest BCUT2D eigenvalue weighted by Crippen LogP contribution is 2.38. The van der Waals surface area contributed by atoms with Gasteiger partial charge in [-0.2, -0.15) is 0 Å². The Labute approximate surface area is 175 Å². The van der Waals surface area contributed by atoms with Crippen LogP contribution in [-0.4, -0.2) is 38.8 Å². The van der Waals surface area contributed by atoms with Crippen LogP contribution < -0.4 is 19.1 Å². The van der Waals surface area contributed by atoms with E-state index in [-0.39, 0.29) is 5.91 Å². The molecule has 0 fully saturated rings. The lowest BCUT2D eigenvalue weighted by Gasteiger charge is -2.18. The molecule has 0 aliphatic heterocycles. The van der Waals surface area contributed by atoms with Gasteiger partial charge in [-0.05, 0) is 49.6 Å². The third kappa shape index (κ3) is 4.29. The minimum absolute atomic E-state index is 0.0398. The van der Waals surface area contributed by atoms with Crippen LogP contribution in [0.3, 0.4) is 0 Å². The Morgan fingerprint density at radius 3 is 2.34 bits per heavy atom. The second-order valence-electron chi connectivity index (χ2n) is 6.59. The molecule has 2 aromatic carbocycles. The van der Waals surface area contributed by atoms with Crippen molar-refractivity contribution in [2.75, 3.05) is 32.8 Å². The summed E-state index contributed by atoms with van der Waals surface area (Å²) in [7, 11) is 4.74. The summed E-state index contributed by atoms with van der Waals surface area (Å²) in [4.78, 5) is 19.4. The molecule has 0 atom stereocenters. The van der Waals surface area contributed by atoms with E-state index in [0.29, 0.717) is 36.6 Å². The number of anilines is 1. The number of carbonyl (C=O) groups is 1. The van der Waals surface area contributed by atoms with E-state index < -0.39 is 0 Å². The van der Waals surface area contributed by atoms with Crippen molar-refractivity contribution in [1.29, 1.82) is 0 Å². The maximum Gasteiger partial charge on any atom is 0.229 e. The minimum atomic E-state index is 0.0398. The molecule has 0 unspecified atom stereocenters. The first-order valence-electron chi connectivity index (χ1n) is 9.47.